The number of nitrogens with two attached hydrogens (primary N) is 1. The van der Waals surface area contributed by atoms with Crippen LogP contribution in [0.3, 0.4) is 0 Å². The molecule has 0 aromatic heterocycles. The Bertz CT molecular complexity index is 474. The number of thiocarbonyl (C=S) groups is 1. The van der Waals surface area contributed by atoms with Gasteiger partial charge in [-0.05, 0) is 24.3 Å². The smallest absolute Gasteiger partial charge is 0.406 e. The lowest BCUT2D eigenvalue weighted by Gasteiger charge is -2.16. The van der Waals surface area contributed by atoms with Gasteiger partial charge in [0, 0.05) is 12.6 Å². The summed E-state index contributed by atoms with van der Waals surface area (Å²) in [7, 11) is 1.49. The van der Waals surface area contributed by atoms with Crippen molar-refractivity contribution in [1.29, 1.82) is 0 Å². The molecular formula is C11H11F3N2O2S. The molecule has 1 amide bonds. The average molecular weight is 292 g/mol. The molecule has 0 aliphatic rings. The van der Waals surface area contributed by atoms with Gasteiger partial charge in [0.15, 0.2) is 0 Å². The minimum Gasteiger partial charge on any atom is -0.406 e. The molecule has 0 aliphatic heterocycles. The van der Waals surface area contributed by atoms with Gasteiger partial charge < -0.3 is 15.4 Å². The van der Waals surface area contributed by atoms with E-state index in [0.717, 1.165) is 12.1 Å². The fourth-order valence-electron chi connectivity index (χ4n) is 1.33. The largest absolute Gasteiger partial charge is 0.573 e. The van der Waals surface area contributed by atoms with Crippen LogP contribution in [-0.2, 0) is 0 Å². The van der Waals surface area contributed by atoms with Crippen LogP contribution in [0, 0.1) is 0 Å². The van der Waals surface area contributed by atoms with Crippen molar-refractivity contribution in [3.05, 3.63) is 29.8 Å². The summed E-state index contributed by atoms with van der Waals surface area (Å²) in [5.74, 6) is -0.785. The number of likely N-dealkylation sites (N-methyl/N-ethyl adjacent to an activating group) is 1. The number of carbonyl (C=O) groups excluding carboxylic acids is 1. The first-order valence-corrected chi connectivity index (χ1v) is 5.49. The highest BCUT2D eigenvalue weighted by atomic mass is 32.1. The Hall–Kier alpha value is -1.83. The van der Waals surface area contributed by atoms with Crippen LogP contribution in [0.2, 0.25) is 0 Å². The maximum Gasteiger partial charge on any atom is 0.573 e. The van der Waals surface area contributed by atoms with Gasteiger partial charge in [0.2, 0.25) is 0 Å². The van der Waals surface area contributed by atoms with E-state index >= 15 is 0 Å². The summed E-state index contributed by atoms with van der Waals surface area (Å²) in [5.41, 5.74) is 5.51. The lowest BCUT2D eigenvalue weighted by Crippen LogP contribution is -2.34. The van der Waals surface area contributed by atoms with Gasteiger partial charge in [-0.2, -0.15) is 0 Å². The molecule has 0 fully saturated rings. The zero-order valence-corrected chi connectivity index (χ0v) is 10.7. The van der Waals surface area contributed by atoms with E-state index in [1.807, 2.05) is 0 Å². The van der Waals surface area contributed by atoms with Crippen molar-refractivity contribution in [2.24, 2.45) is 5.73 Å². The Morgan fingerprint density at radius 1 is 1.37 bits per heavy atom. The first-order chi connectivity index (χ1) is 8.69. The molecule has 2 N–H and O–H groups in total. The summed E-state index contributed by atoms with van der Waals surface area (Å²) in [4.78, 5) is 13.2. The Labute approximate surface area is 112 Å². The van der Waals surface area contributed by atoms with Gasteiger partial charge in [-0.3, -0.25) is 4.79 Å². The number of ether oxygens (including phenoxy) is 1. The van der Waals surface area contributed by atoms with Crippen molar-refractivity contribution < 1.29 is 22.7 Å². The lowest BCUT2D eigenvalue weighted by atomic mass is 10.2. The highest BCUT2D eigenvalue weighted by molar-refractivity contribution is 7.80. The van der Waals surface area contributed by atoms with Crippen LogP contribution < -0.4 is 10.5 Å². The van der Waals surface area contributed by atoms with E-state index in [1.54, 1.807) is 0 Å². The topological polar surface area (TPSA) is 55.6 Å². The highest BCUT2D eigenvalue weighted by Crippen LogP contribution is 2.22. The van der Waals surface area contributed by atoms with Gasteiger partial charge >= 0.3 is 6.36 Å². The SMILES string of the molecule is CN(CC(N)=S)C(=O)c1ccc(OC(F)(F)F)cc1. The molecule has 0 saturated heterocycles. The third-order valence-corrected chi connectivity index (χ3v) is 2.20. The Morgan fingerprint density at radius 3 is 2.32 bits per heavy atom. The molecule has 1 rings (SSSR count). The van der Waals surface area contributed by atoms with Crippen LogP contribution >= 0.6 is 12.2 Å². The summed E-state index contributed by atoms with van der Waals surface area (Å²) in [5, 5.41) is 0. The van der Waals surface area contributed by atoms with E-state index in [-0.39, 0.29) is 22.8 Å². The molecule has 0 radical (unpaired) electrons. The van der Waals surface area contributed by atoms with Crippen molar-refractivity contribution >= 4 is 23.1 Å². The van der Waals surface area contributed by atoms with Crippen molar-refractivity contribution in [3.8, 4) is 5.75 Å². The van der Waals surface area contributed by atoms with E-state index in [4.69, 9.17) is 5.73 Å². The second kappa shape index (κ2) is 5.87. The first-order valence-electron chi connectivity index (χ1n) is 5.08. The predicted molar refractivity (Wildman–Crippen MR) is 66.9 cm³/mol. The number of nitrogens with zero attached hydrogens (tertiary/aromatic N) is 1. The molecule has 4 nitrogen and oxygen atoms in total. The van der Waals surface area contributed by atoms with Crippen LogP contribution in [0.5, 0.6) is 5.75 Å². The number of rotatable bonds is 4. The molecule has 1 aromatic carbocycles. The van der Waals surface area contributed by atoms with Gasteiger partial charge in [0.25, 0.3) is 5.91 Å². The normalized spacial score (nSPS) is 10.9. The summed E-state index contributed by atoms with van der Waals surface area (Å²) >= 11 is 4.66. The van der Waals surface area contributed by atoms with E-state index in [0.29, 0.717) is 0 Å². The number of benzene rings is 1. The Balaban J connectivity index is 2.76. The summed E-state index contributed by atoms with van der Waals surface area (Å²) < 4.78 is 39.5. The third kappa shape index (κ3) is 5.12. The molecule has 0 spiro atoms. The number of hydrogen-bond acceptors (Lipinski definition) is 3. The van der Waals surface area contributed by atoms with E-state index in [1.165, 1.54) is 24.1 Å². The second-order valence-electron chi connectivity index (χ2n) is 3.70. The van der Waals surface area contributed by atoms with Crippen molar-refractivity contribution in [2.75, 3.05) is 13.6 Å². The highest BCUT2D eigenvalue weighted by Gasteiger charge is 2.31. The molecular weight excluding hydrogens is 281 g/mol. The van der Waals surface area contributed by atoms with E-state index in [2.05, 4.69) is 17.0 Å². The van der Waals surface area contributed by atoms with E-state index in [9.17, 15) is 18.0 Å². The fourth-order valence-corrected chi connectivity index (χ4v) is 1.52. The van der Waals surface area contributed by atoms with Crippen molar-refractivity contribution in [3.63, 3.8) is 0 Å². The Kier molecular flexibility index (Phi) is 4.71. The van der Waals surface area contributed by atoms with Crippen LogP contribution in [0.15, 0.2) is 24.3 Å². The number of alkyl halides is 3. The molecule has 8 heteroatoms. The quantitative estimate of drug-likeness (QED) is 0.862. The third-order valence-electron chi connectivity index (χ3n) is 2.07. The van der Waals surface area contributed by atoms with Crippen LogP contribution in [0.1, 0.15) is 10.4 Å². The monoisotopic (exact) mass is 292 g/mol. The average Bonchev–Trinajstić information content (AvgIpc) is 2.26. The number of amides is 1. The summed E-state index contributed by atoms with van der Waals surface area (Å²) in [6.45, 7) is 0.0922. The second-order valence-corrected chi connectivity index (χ2v) is 4.22. The molecule has 0 bridgehead atoms. The number of carbonyl (C=O) groups is 1. The van der Waals surface area contributed by atoms with Crippen LogP contribution in [0.4, 0.5) is 13.2 Å². The number of halogens is 3. The molecule has 0 heterocycles. The molecule has 104 valence electrons. The molecule has 0 saturated carbocycles. The molecule has 0 aliphatic carbocycles. The zero-order chi connectivity index (χ0) is 14.6. The van der Waals surface area contributed by atoms with Gasteiger partial charge in [0.05, 0.1) is 11.5 Å². The minimum absolute atomic E-state index is 0.0922. The van der Waals surface area contributed by atoms with Crippen molar-refractivity contribution in [1.82, 2.24) is 4.90 Å². The summed E-state index contributed by atoms with van der Waals surface area (Å²) in [6.07, 6.45) is -4.76. The van der Waals surface area contributed by atoms with Gasteiger partial charge in [-0.1, -0.05) is 12.2 Å². The van der Waals surface area contributed by atoms with Gasteiger partial charge in [-0.25, -0.2) is 0 Å². The standard InChI is InChI=1S/C11H11F3N2O2S/c1-16(6-9(15)19)10(17)7-2-4-8(5-3-7)18-11(12,13)14/h2-5H,6H2,1H3,(H2,15,19). The first kappa shape index (κ1) is 15.2. The number of hydrogen-bond donors (Lipinski definition) is 1. The summed E-state index contributed by atoms with van der Waals surface area (Å²) in [6, 6.07) is 4.60. The lowest BCUT2D eigenvalue weighted by molar-refractivity contribution is -0.274. The minimum atomic E-state index is -4.76. The van der Waals surface area contributed by atoms with Crippen LogP contribution in [-0.4, -0.2) is 35.8 Å². The molecule has 0 atom stereocenters. The van der Waals surface area contributed by atoms with Crippen LogP contribution in [0.25, 0.3) is 0 Å². The van der Waals surface area contributed by atoms with E-state index < -0.39 is 12.3 Å². The predicted octanol–water partition coefficient (Wildman–Crippen LogP) is 1.94. The van der Waals surface area contributed by atoms with Gasteiger partial charge in [0.1, 0.15) is 5.75 Å². The molecule has 0 unspecified atom stereocenters. The Morgan fingerprint density at radius 2 is 1.89 bits per heavy atom. The maximum atomic E-state index is 11.9. The maximum absolute atomic E-state index is 11.9. The van der Waals surface area contributed by atoms with Gasteiger partial charge in [-0.15, -0.1) is 13.2 Å². The zero-order valence-electron chi connectivity index (χ0n) is 9.90. The fraction of sp³-hybridized carbons (Fsp3) is 0.273. The van der Waals surface area contributed by atoms with Crippen molar-refractivity contribution in [2.45, 2.75) is 6.36 Å². The molecule has 19 heavy (non-hydrogen) atoms. The molecule has 1 aromatic rings.